The molecule has 0 bridgehead atoms. The molecular weight excluding hydrogens is 252 g/mol. The van der Waals surface area contributed by atoms with Crippen molar-refractivity contribution in [2.24, 2.45) is 0 Å². The first-order valence-electron chi connectivity index (χ1n) is 6.84. The summed E-state index contributed by atoms with van der Waals surface area (Å²) in [5.41, 5.74) is 1.92. The highest BCUT2D eigenvalue weighted by atomic mass is 15.1. The molecule has 1 fully saturated rings. The van der Waals surface area contributed by atoms with E-state index in [1.807, 2.05) is 26.1 Å². The summed E-state index contributed by atoms with van der Waals surface area (Å²) in [4.78, 5) is 9.23. The summed E-state index contributed by atoms with van der Waals surface area (Å²) in [5.74, 6) is 3.22. The number of nitrogens with one attached hydrogen (secondary N) is 2. The summed E-state index contributed by atoms with van der Waals surface area (Å²) >= 11 is 0. The number of rotatable bonds is 5. The maximum Gasteiger partial charge on any atom is 0.136 e. The van der Waals surface area contributed by atoms with Crippen molar-refractivity contribution in [2.45, 2.75) is 32.2 Å². The van der Waals surface area contributed by atoms with Gasteiger partial charge in [0.2, 0.25) is 0 Å². The Kier molecular flexibility index (Phi) is 3.45. The fourth-order valence-electron chi connectivity index (χ4n) is 2.08. The average molecular weight is 270 g/mol. The molecule has 0 spiro atoms. The first-order valence-corrected chi connectivity index (χ1v) is 6.84. The fourth-order valence-corrected chi connectivity index (χ4v) is 2.08. The molecule has 0 amide bonds. The van der Waals surface area contributed by atoms with Gasteiger partial charge in [-0.1, -0.05) is 0 Å². The lowest BCUT2D eigenvalue weighted by molar-refractivity contribution is 0.892. The number of hydrogen-bond donors (Lipinski definition) is 2. The largest absolute Gasteiger partial charge is 0.373 e. The Bertz CT molecular complexity index is 594. The van der Waals surface area contributed by atoms with E-state index in [1.54, 1.807) is 6.20 Å². The molecule has 0 unspecified atom stereocenters. The highest BCUT2D eigenvalue weighted by Gasteiger charge is 2.28. The summed E-state index contributed by atoms with van der Waals surface area (Å²) in [6, 6.07) is 3.82. The van der Waals surface area contributed by atoms with Gasteiger partial charge in [-0.2, -0.15) is 10.2 Å². The van der Waals surface area contributed by atoms with Crippen LogP contribution in [0, 0.1) is 6.92 Å². The van der Waals surface area contributed by atoms with Gasteiger partial charge in [0.25, 0.3) is 0 Å². The highest BCUT2D eigenvalue weighted by molar-refractivity contribution is 5.57. The molecule has 2 aromatic rings. The van der Waals surface area contributed by atoms with Crippen LogP contribution in [0.1, 0.15) is 35.8 Å². The third-order valence-corrected chi connectivity index (χ3v) is 3.41. The summed E-state index contributed by atoms with van der Waals surface area (Å²) in [7, 11) is 1.89. The van der Waals surface area contributed by atoms with E-state index >= 15 is 0 Å². The van der Waals surface area contributed by atoms with Crippen molar-refractivity contribution >= 4 is 11.6 Å². The van der Waals surface area contributed by atoms with Crippen molar-refractivity contribution in [3.63, 3.8) is 0 Å². The highest BCUT2D eigenvalue weighted by Crippen LogP contribution is 2.39. The van der Waals surface area contributed by atoms with Crippen molar-refractivity contribution in [3.05, 3.63) is 35.4 Å². The molecule has 2 heterocycles. The first-order chi connectivity index (χ1) is 9.78. The predicted molar refractivity (Wildman–Crippen MR) is 77.6 cm³/mol. The van der Waals surface area contributed by atoms with E-state index < -0.39 is 0 Å². The molecule has 0 aromatic carbocycles. The molecule has 6 heteroatoms. The van der Waals surface area contributed by atoms with Crippen LogP contribution in [-0.4, -0.2) is 27.2 Å². The van der Waals surface area contributed by atoms with Gasteiger partial charge in [-0.3, -0.25) is 0 Å². The molecule has 2 N–H and O–H groups in total. The predicted octanol–water partition coefficient (Wildman–Crippen LogP) is 2.11. The Hall–Kier alpha value is -2.24. The number of nitrogens with zero attached hydrogens (tertiary/aromatic N) is 4. The lowest BCUT2D eigenvalue weighted by Crippen LogP contribution is -2.10. The van der Waals surface area contributed by atoms with Crippen molar-refractivity contribution < 1.29 is 0 Å². The minimum Gasteiger partial charge on any atom is -0.373 e. The zero-order valence-corrected chi connectivity index (χ0v) is 11.7. The van der Waals surface area contributed by atoms with Crippen LogP contribution in [0.4, 0.5) is 11.6 Å². The fraction of sp³-hybridized carbons (Fsp3) is 0.429. The van der Waals surface area contributed by atoms with Gasteiger partial charge < -0.3 is 10.6 Å². The second kappa shape index (κ2) is 5.40. The van der Waals surface area contributed by atoms with Crippen LogP contribution in [0.5, 0.6) is 0 Å². The lowest BCUT2D eigenvalue weighted by Gasteiger charge is -2.13. The molecule has 6 nitrogen and oxygen atoms in total. The van der Waals surface area contributed by atoms with Crippen molar-refractivity contribution in [3.8, 4) is 0 Å². The van der Waals surface area contributed by atoms with Gasteiger partial charge >= 0.3 is 0 Å². The van der Waals surface area contributed by atoms with Gasteiger partial charge in [0.1, 0.15) is 17.5 Å². The molecular formula is C14H18N6. The zero-order chi connectivity index (χ0) is 13.9. The average Bonchev–Trinajstić information content (AvgIpc) is 3.32. The molecule has 1 aliphatic rings. The Morgan fingerprint density at radius 1 is 1.25 bits per heavy atom. The second-order valence-corrected chi connectivity index (χ2v) is 5.00. The molecule has 2 aromatic heterocycles. The SMILES string of the molecule is CNc1nc(C2CC2)nc(NCc2cccnn2)c1C. The molecule has 0 radical (unpaired) electrons. The quantitative estimate of drug-likeness (QED) is 0.866. The third kappa shape index (κ3) is 2.68. The summed E-state index contributed by atoms with van der Waals surface area (Å²) in [6.45, 7) is 2.63. The summed E-state index contributed by atoms with van der Waals surface area (Å²) < 4.78 is 0. The molecule has 0 aliphatic heterocycles. The van der Waals surface area contributed by atoms with Gasteiger partial charge in [0.15, 0.2) is 0 Å². The number of aromatic nitrogens is 4. The molecule has 3 rings (SSSR count). The van der Waals surface area contributed by atoms with Crippen LogP contribution in [0.15, 0.2) is 18.3 Å². The third-order valence-electron chi connectivity index (χ3n) is 3.41. The van der Waals surface area contributed by atoms with E-state index in [4.69, 9.17) is 0 Å². The van der Waals surface area contributed by atoms with Crippen LogP contribution in [0.3, 0.4) is 0 Å². The summed E-state index contributed by atoms with van der Waals surface area (Å²) in [5, 5.41) is 14.4. The van der Waals surface area contributed by atoms with E-state index in [1.165, 1.54) is 12.8 Å². The number of hydrogen-bond acceptors (Lipinski definition) is 6. The molecule has 1 saturated carbocycles. The molecule has 104 valence electrons. The second-order valence-electron chi connectivity index (χ2n) is 5.00. The Morgan fingerprint density at radius 3 is 2.70 bits per heavy atom. The Morgan fingerprint density at radius 2 is 2.05 bits per heavy atom. The van der Waals surface area contributed by atoms with Gasteiger partial charge in [0, 0.05) is 24.7 Å². The molecule has 20 heavy (non-hydrogen) atoms. The monoisotopic (exact) mass is 270 g/mol. The standard InChI is InChI=1S/C14H18N6/c1-9-12(15-2)18-14(10-5-6-10)19-13(9)16-8-11-4-3-7-17-20-11/h3-4,7,10H,5-6,8H2,1-2H3,(H2,15,16,18,19). The zero-order valence-electron chi connectivity index (χ0n) is 11.7. The topological polar surface area (TPSA) is 75.6 Å². The normalized spacial score (nSPS) is 14.1. The van der Waals surface area contributed by atoms with E-state index in [-0.39, 0.29) is 0 Å². The van der Waals surface area contributed by atoms with Crippen molar-refractivity contribution in [1.29, 1.82) is 0 Å². The van der Waals surface area contributed by atoms with E-state index in [0.717, 1.165) is 28.7 Å². The van der Waals surface area contributed by atoms with Crippen LogP contribution in [0.25, 0.3) is 0 Å². The van der Waals surface area contributed by atoms with Crippen LogP contribution in [-0.2, 0) is 6.54 Å². The Labute approximate surface area is 118 Å². The maximum atomic E-state index is 4.65. The van der Waals surface area contributed by atoms with E-state index in [2.05, 4.69) is 30.8 Å². The van der Waals surface area contributed by atoms with Gasteiger partial charge in [-0.25, -0.2) is 9.97 Å². The minimum atomic E-state index is 0.528. The van der Waals surface area contributed by atoms with E-state index in [9.17, 15) is 0 Å². The molecule has 1 aliphatic carbocycles. The van der Waals surface area contributed by atoms with Gasteiger partial charge in [-0.15, -0.1) is 0 Å². The minimum absolute atomic E-state index is 0.528. The van der Waals surface area contributed by atoms with Crippen LogP contribution in [0.2, 0.25) is 0 Å². The lowest BCUT2D eigenvalue weighted by atomic mass is 10.2. The molecule has 0 saturated heterocycles. The van der Waals surface area contributed by atoms with Crippen LogP contribution < -0.4 is 10.6 Å². The van der Waals surface area contributed by atoms with E-state index in [0.29, 0.717) is 12.5 Å². The number of anilines is 2. The van der Waals surface area contributed by atoms with Gasteiger partial charge in [0.05, 0.1) is 12.2 Å². The maximum absolute atomic E-state index is 4.65. The van der Waals surface area contributed by atoms with Crippen LogP contribution >= 0.6 is 0 Å². The van der Waals surface area contributed by atoms with Crippen molar-refractivity contribution in [1.82, 2.24) is 20.2 Å². The van der Waals surface area contributed by atoms with Gasteiger partial charge in [-0.05, 0) is 31.9 Å². The first kappa shape index (κ1) is 12.8. The summed E-state index contributed by atoms with van der Waals surface area (Å²) in [6.07, 6.45) is 4.05. The molecule has 0 atom stereocenters. The van der Waals surface area contributed by atoms with Crippen molar-refractivity contribution in [2.75, 3.05) is 17.7 Å². The Balaban J connectivity index is 1.82. The smallest absolute Gasteiger partial charge is 0.136 e.